The number of hydrogen-bond donors (Lipinski definition) is 2. The van der Waals surface area contributed by atoms with Gasteiger partial charge in [-0.1, -0.05) is 19.9 Å². The number of rotatable bonds is 5. The van der Waals surface area contributed by atoms with Crippen molar-refractivity contribution in [1.29, 1.82) is 0 Å². The lowest BCUT2D eigenvalue weighted by Crippen LogP contribution is -2.35. The first-order valence-electron chi connectivity index (χ1n) is 7.09. The molecule has 2 N–H and O–H groups in total. The molecule has 2 rings (SSSR count). The largest absolute Gasteiger partial charge is 0.489 e. The number of urea groups is 1. The van der Waals surface area contributed by atoms with Crippen LogP contribution in [0.15, 0.2) is 30.5 Å². The number of benzene rings is 1. The molecule has 0 aliphatic heterocycles. The van der Waals surface area contributed by atoms with Crippen LogP contribution in [0, 0.1) is 0 Å². The minimum atomic E-state index is -0.211. The van der Waals surface area contributed by atoms with E-state index in [2.05, 4.69) is 35.5 Å². The predicted molar refractivity (Wildman–Crippen MR) is 83.8 cm³/mol. The molecule has 0 spiro atoms. The van der Waals surface area contributed by atoms with Crippen LogP contribution >= 0.6 is 0 Å². The molecule has 0 bridgehead atoms. The number of pyridine rings is 1. The van der Waals surface area contributed by atoms with Crippen LogP contribution < -0.4 is 15.4 Å². The van der Waals surface area contributed by atoms with Gasteiger partial charge in [0.05, 0.1) is 6.54 Å². The molecule has 5 nitrogen and oxygen atoms in total. The van der Waals surface area contributed by atoms with Gasteiger partial charge in [0.2, 0.25) is 0 Å². The van der Waals surface area contributed by atoms with Crippen LogP contribution in [0.25, 0.3) is 10.9 Å². The van der Waals surface area contributed by atoms with Crippen LogP contribution in [0.2, 0.25) is 0 Å². The van der Waals surface area contributed by atoms with E-state index in [0.717, 1.165) is 16.7 Å². The highest BCUT2D eigenvalue weighted by molar-refractivity contribution is 5.85. The number of carbonyl (C=O) groups excluding carboxylic acids is 1. The van der Waals surface area contributed by atoms with Crippen LogP contribution in [0.1, 0.15) is 25.3 Å². The van der Waals surface area contributed by atoms with E-state index in [1.807, 2.05) is 18.2 Å². The summed E-state index contributed by atoms with van der Waals surface area (Å²) >= 11 is 0. The zero-order valence-electron chi connectivity index (χ0n) is 12.6. The Morgan fingerprint density at radius 1 is 1.38 bits per heavy atom. The van der Waals surface area contributed by atoms with Crippen molar-refractivity contribution in [3.8, 4) is 5.75 Å². The number of ether oxygens (including phenoxy) is 1. The number of carbonyl (C=O) groups is 1. The Morgan fingerprint density at radius 2 is 2.19 bits per heavy atom. The van der Waals surface area contributed by atoms with E-state index in [4.69, 9.17) is 4.74 Å². The normalized spacial score (nSPS) is 10.7. The van der Waals surface area contributed by atoms with Crippen LogP contribution in [0.5, 0.6) is 5.75 Å². The van der Waals surface area contributed by atoms with Gasteiger partial charge in [0.25, 0.3) is 0 Å². The quantitative estimate of drug-likeness (QED) is 0.831. The summed E-state index contributed by atoms with van der Waals surface area (Å²) < 4.78 is 5.80. The molecule has 2 amide bonds. The van der Waals surface area contributed by atoms with Crippen LogP contribution in [-0.4, -0.2) is 31.2 Å². The van der Waals surface area contributed by atoms with Gasteiger partial charge in [-0.25, -0.2) is 4.79 Å². The summed E-state index contributed by atoms with van der Waals surface area (Å²) in [6, 6.07) is 7.91. The van der Waals surface area contributed by atoms with Gasteiger partial charge in [0.1, 0.15) is 17.9 Å². The Balaban J connectivity index is 2.15. The summed E-state index contributed by atoms with van der Waals surface area (Å²) in [6.45, 7) is 5.14. The maximum absolute atomic E-state index is 11.1. The van der Waals surface area contributed by atoms with Crippen LogP contribution in [-0.2, 0) is 0 Å². The van der Waals surface area contributed by atoms with Gasteiger partial charge in [-0.15, -0.1) is 0 Å². The molecular formula is C16H21N3O2. The highest BCUT2D eigenvalue weighted by Crippen LogP contribution is 2.29. The van der Waals surface area contributed by atoms with Crippen molar-refractivity contribution in [3.63, 3.8) is 0 Å². The Morgan fingerprint density at radius 3 is 2.90 bits per heavy atom. The zero-order chi connectivity index (χ0) is 15.2. The lowest BCUT2D eigenvalue weighted by atomic mass is 10.0. The van der Waals surface area contributed by atoms with Crippen molar-refractivity contribution in [2.45, 2.75) is 19.8 Å². The number of aromatic nitrogens is 1. The number of hydrogen-bond acceptors (Lipinski definition) is 3. The molecule has 0 radical (unpaired) electrons. The zero-order valence-corrected chi connectivity index (χ0v) is 12.6. The second kappa shape index (κ2) is 6.92. The van der Waals surface area contributed by atoms with E-state index >= 15 is 0 Å². The molecular weight excluding hydrogens is 266 g/mol. The lowest BCUT2D eigenvalue weighted by molar-refractivity contribution is 0.238. The molecule has 21 heavy (non-hydrogen) atoms. The van der Waals surface area contributed by atoms with E-state index in [9.17, 15) is 4.79 Å². The molecule has 0 saturated carbocycles. The molecule has 2 aromatic rings. The van der Waals surface area contributed by atoms with Crippen LogP contribution in [0.4, 0.5) is 4.79 Å². The first kappa shape index (κ1) is 15.1. The molecule has 0 saturated heterocycles. The van der Waals surface area contributed by atoms with Gasteiger partial charge in [0.15, 0.2) is 0 Å². The molecule has 0 aliphatic carbocycles. The van der Waals surface area contributed by atoms with E-state index < -0.39 is 0 Å². The fourth-order valence-corrected chi connectivity index (χ4v) is 2.04. The van der Waals surface area contributed by atoms with Crippen molar-refractivity contribution in [2.75, 3.05) is 20.2 Å². The topological polar surface area (TPSA) is 63.2 Å². The average molecular weight is 287 g/mol. The maximum atomic E-state index is 11.1. The summed E-state index contributed by atoms with van der Waals surface area (Å²) in [7, 11) is 1.58. The fourth-order valence-electron chi connectivity index (χ4n) is 2.04. The van der Waals surface area contributed by atoms with Crippen molar-refractivity contribution in [3.05, 3.63) is 36.0 Å². The Kier molecular flexibility index (Phi) is 4.98. The second-order valence-electron chi connectivity index (χ2n) is 5.10. The smallest absolute Gasteiger partial charge is 0.314 e. The number of fused-ring (bicyclic) bond motifs is 1. The summed E-state index contributed by atoms with van der Waals surface area (Å²) in [4.78, 5) is 15.5. The van der Waals surface area contributed by atoms with Gasteiger partial charge in [-0.2, -0.15) is 0 Å². The first-order chi connectivity index (χ1) is 10.1. The van der Waals surface area contributed by atoms with Crippen molar-refractivity contribution in [2.24, 2.45) is 0 Å². The third-order valence-electron chi connectivity index (χ3n) is 3.23. The minimum absolute atomic E-state index is 0.211. The van der Waals surface area contributed by atoms with Crippen molar-refractivity contribution >= 4 is 16.9 Å². The minimum Gasteiger partial charge on any atom is -0.489 e. The summed E-state index contributed by atoms with van der Waals surface area (Å²) in [5.41, 5.74) is 2.06. The third-order valence-corrected chi connectivity index (χ3v) is 3.23. The molecule has 1 aromatic heterocycles. The van der Waals surface area contributed by atoms with Gasteiger partial charge in [0, 0.05) is 18.6 Å². The fraction of sp³-hybridized carbons (Fsp3) is 0.375. The summed E-state index contributed by atoms with van der Waals surface area (Å²) in [6.07, 6.45) is 1.76. The SMILES string of the molecule is CNC(=O)NCCOc1cc(C(C)C)cc2cccnc12. The standard InChI is InChI=1S/C16H21N3O2/c1-11(2)13-9-12-5-4-6-18-15(12)14(10-13)21-8-7-19-16(20)17-3/h4-6,9-11H,7-8H2,1-3H3,(H2,17,19,20). The highest BCUT2D eigenvalue weighted by Gasteiger charge is 2.09. The number of nitrogens with zero attached hydrogens (tertiary/aromatic N) is 1. The first-order valence-corrected chi connectivity index (χ1v) is 7.09. The molecule has 0 unspecified atom stereocenters. The van der Waals surface area contributed by atoms with Crippen molar-refractivity contribution in [1.82, 2.24) is 15.6 Å². The van der Waals surface area contributed by atoms with Crippen LogP contribution in [0.3, 0.4) is 0 Å². The lowest BCUT2D eigenvalue weighted by Gasteiger charge is -2.13. The van der Waals surface area contributed by atoms with Gasteiger partial charge < -0.3 is 15.4 Å². The Bertz CT molecular complexity index is 626. The van der Waals surface area contributed by atoms with E-state index in [-0.39, 0.29) is 6.03 Å². The van der Waals surface area contributed by atoms with E-state index in [1.165, 1.54) is 5.56 Å². The molecule has 5 heteroatoms. The Hall–Kier alpha value is -2.30. The molecule has 1 aromatic carbocycles. The third kappa shape index (κ3) is 3.84. The van der Waals surface area contributed by atoms with E-state index in [0.29, 0.717) is 19.1 Å². The highest BCUT2D eigenvalue weighted by atomic mass is 16.5. The molecule has 0 aliphatic rings. The van der Waals surface area contributed by atoms with Gasteiger partial charge in [-0.3, -0.25) is 4.98 Å². The summed E-state index contributed by atoms with van der Waals surface area (Å²) in [5, 5.41) is 6.26. The van der Waals surface area contributed by atoms with Gasteiger partial charge in [-0.05, 0) is 29.7 Å². The Labute approximate surface area is 124 Å². The second-order valence-corrected chi connectivity index (χ2v) is 5.10. The number of nitrogens with one attached hydrogen (secondary N) is 2. The number of amides is 2. The maximum Gasteiger partial charge on any atom is 0.314 e. The van der Waals surface area contributed by atoms with E-state index in [1.54, 1.807) is 13.2 Å². The summed E-state index contributed by atoms with van der Waals surface area (Å²) in [5.74, 6) is 1.18. The van der Waals surface area contributed by atoms with Gasteiger partial charge >= 0.3 is 6.03 Å². The molecule has 0 atom stereocenters. The molecule has 1 heterocycles. The predicted octanol–water partition coefficient (Wildman–Crippen LogP) is 2.67. The molecule has 0 fully saturated rings. The van der Waals surface area contributed by atoms with Crippen molar-refractivity contribution < 1.29 is 9.53 Å². The average Bonchev–Trinajstić information content (AvgIpc) is 2.50. The monoisotopic (exact) mass is 287 g/mol. The molecule has 112 valence electrons.